The van der Waals surface area contributed by atoms with Crippen molar-refractivity contribution >= 4 is 17.3 Å². The van der Waals surface area contributed by atoms with Gasteiger partial charge in [-0.3, -0.25) is 4.98 Å². The van der Waals surface area contributed by atoms with Crippen LogP contribution in [0.3, 0.4) is 0 Å². The molecule has 0 saturated carbocycles. The third kappa shape index (κ3) is 3.70. The second-order valence-corrected chi connectivity index (χ2v) is 5.44. The van der Waals surface area contributed by atoms with Gasteiger partial charge in [0.15, 0.2) is 0 Å². The molecule has 0 fully saturated rings. The van der Waals surface area contributed by atoms with E-state index < -0.39 is 5.97 Å². The van der Waals surface area contributed by atoms with Crippen molar-refractivity contribution in [3.05, 3.63) is 78.1 Å². The number of hydrogen-bond acceptors (Lipinski definition) is 4. The van der Waals surface area contributed by atoms with Crippen molar-refractivity contribution in [3.8, 4) is 11.1 Å². The largest absolute Gasteiger partial charge is 0.478 e. The Hall–Kier alpha value is -3.34. The summed E-state index contributed by atoms with van der Waals surface area (Å²) >= 11 is 0. The minimum Gasteiger partial charge on any atom is -0.478 e. The second-order valence-electron chi connectivity index (χ2n) is 5.44. The Morgan fingerprint density at radius 3 is 2.54 bits per heavy atom. The lowest BCUT2D eigenvalue weighted by Crippen LogP contribution is -2.00. The third-order valence-corrected chi connectivity index (χ3v) is 3.66. The fraction of sp³-hybridized carbons (Fsp3) is 0.0526. The monoisotopic (exact) mass is 319 g/mol. The average molecular weight is 319 g/mol. The number of carboxylic acids is 1. The van der Waals surface area contributed by atoms with Crippen LogP contribution in [0.5, 0.6) is 0 Å². The fourth-order valence-electron chi connectivity index (χ4n) is 2.38. The van der Waals surface area contributed by atoms with E-state index in [1.807, 2.05) is 48.5 Å². The maximum atomic E-state index is 11.0. The first-order valence-electron chi connectivity index (χ1n) is 7.49. The van der Waals surface area contributed by atoms with Gasteiger partial charge >= 0.3 is 5.97 Å². The topological polar surface area (TPSA) is 88.2 Å². The lowest BCUT2D eigenvalue weighted by atomic mass is 10.0. The molecule has 24 heavy (non-hydrogen) atoms. The maximum Gasteiger partial charge on any atom is 0.337 e. The fourth-order valence-corrected chi connectivity index (χ4v) is 2.38. The number of nitrogens with one attached hydrogen (secondary N) is 1. The minimum absolute atomic E-state index is 0.180. The third-order valence-electron chi connectivity index (χ3n) is 3.66. The minimum atomic E-state index is -0.979. The quantitative estimate of drug-likeness (QED) is 0.625. The Morgan fingerprint density at radius 2 is 1.83 bits per heavy atom. The molecule has 0 aliphatic rings. The van der Waals surface area contributed by atoms with Crippen LogP contribution in [-0.4, -0.2) is 16.1 Å². The number of anilines is 2. The Balaban J connectivity index is 1.71. The lowest BCUT2D eigenvalue weighted by Gasteiger charge is -2.08. The summed E-state index contributed by atoms with van der Waals surface area (Å²) in [4.78, 5) is 15.0. The number of aromatic nitrogens is 1. The molecule has 0 aliphatic heterocycles. The van der Waals surface area contributed by atoms with Gasteiger partial charge in [0.25, 0.3) is 0 Å². The number of nitrogens with zero attached hydrogens (tertiary/aromatic N) is 1. The van der Waals surface area contributed by atoms with Crippen molar-refractivity contribution in [2.75, 3.05) is 11.1 Å². The number of aromatic carboxylic acids is 1. The number of benzene rings is 2. The normalized spacial score (nSPS) is 10.3. The number of nitrogens with two attached hydrogens (primary N) is 1. The van der Waals surface area contributed by atoms with Crippen molar-refractivity contribution in [1.82, 2.24) is 4.98 Å². The van der Waals surface area contributed by atoms with Gasteiger partial charge in [-0.2, -0.15) is 0 Å². The van der Waals surface area contributed by atoms with E-state index in [-0.39, 0.29) is 5.56 Å². The smallest absolute Gasteiger partial charge is 0.337 e. The Bertz CT molecular complexity index is 860. The maximum absolute atomic E-state index is 11.0. The first-order chi connectivity index (χ1) is 11.6. The van der Waals surface area contributed by atoms with Crippen LogP contribution in [0.2, 0.25) is 0 Å². The number of hydrogen-bond donors (Lipinski definition) is 3. The van der Waals surface area contributed by atoms with Crippen LogP contribution in [-0.2, 0) is 6.54 Å². The van der Waals surface area contributed by atoms with Crippen LogP contribution in [0.15, 0.2) is 67.0 Å². The highest BCUT2D eigenvalue weighted by Crippen LogP contribution is 2.21. The van der Waals surface area contributed by atoms with E-state index >= 15 is 0 Å². The van der Waals surface area contributed by atoms with E-state index in [4.69, 9.17) is 10.8 Å². The molecule has 0 aliphatic carbocycles. The number of rotatable bonds is 5. The molecule has 5 nitrogen and oxygen atoms in total. The first-order valence-corrected chi connectivity index (χ1v) is 7.49. The number of pyridine rings is 1. The summed E-state index contributed by atoms with van der Waals surface area (Å²) in [7, 11) is 0. The van der Waals surface area contributed by atoms with Crippen LogP contribution < -0.4 is 11.1 Å². The molecule has 0 saturated heterocycles. The van der Waals surface area contributed by atoms with Gasteiger partial charge in [0.05, 0.1) is 5.56 Å². The van der Waals surface area contributed by atoms with Gasteiger partial charge in [-0.25, -0.2) is 4.79 Å². The van der Waals surface area contributed by atoms with Gasteiger partial charge in [-0.1, -0.05) is 30.3 Å². The zero-order valence-electron chi connectivity index (χ0n) is 12.9. The molecule has 3 rings (SSSR count). The standard InChI is InChI=1S/C19H17N3O2/c20-17-2-1-3-18(9-17)22-10-13-4-6-14(7-5-13)15-8-16(19(23)24)12-21-11-15/h1-9,11-12,22H,10,20H2,(H,23,24). The average Bonchev–Trinajstić information content (AvgIpc) is 2.60. The van der Waals surface area contributed by atoms with Gasteiger partial charge in [0, 0.05) is 35.9 Å². The van der Waals surface area contributed by atoms with Gasteiger partial charge in [0.2, 0.25) is 0 Å². The van der Waals surface area contributed by atoms with Gasteiger partial charge in [-0.05, 0) is 35.4 Å². The highest BCUT2D eigenvalue weighted by molar-refractivity contribution is 5.88. The molecule has 0 amide bonds. The molecular formula is C19H17N3O2. The van der Waals surface area contributed by atoms with Gasteiger partial charge in [0.1, 0.15) is 0 Å². The number of carbonyl (C=O) groups is 1. The molecule has 4 N–H and O–H groups in total. The Kier molecular flexibility index (Phi) is 4.43. The molecule has 1 aromatic heterocycles. The van der Waals surface area contributed by atoms with Crippen LogP contribution >= 0.6 is 0 Å². The van der Waals surface area contributed by atoms with E-state index in [0.717, 1.165) is 28.1 Å². The first kappa shape index (κ1) is 15.6. The van der Waals surface area contributed by atoms with Gasteiger partial charge in [-0.15, -0.1) is 0 Å². The molecule has 2 aromatic carbocycles. The molecule has 3 aromatic rings. The van der Waals surface area contributed by atoms with Crippen molar-refractivity contribution in [3.63, 3.8) is 0 Å². The number of carboxylic acid groups (broad SMARTS) is 1. The summed E-state index contributed by atoms with van der Waals surface area (Å²) in [5.74, 6) is -0.979. The predicted molar refractivity (Wildman–Crippen MR) is 94.8 cm³/mol. The SMILES string of the molecule is Nc1cccc(NCc2ccc(-c3cncc(C(=O)O)c3)cc2)c1. The van der Waals surface area contributed by atoms with Crippen LogP contribution in [0.25, 0.3) is 11.1 Å². The molecular weight excluding hydrogens is 302 g/mol. The van der Waals surface area contributed by atoms with Crippen molar-refractivity contribution in [1.29, 1.82) is 0 Å². The van der Waals surface area contributed by atoms with Gasteiger partial charge < -0.3 is 16.2 Å². The number of nitrogen functional groups attached to an aromatic ring is 1. The summed E-state index contributed by atoms with van der Waals surface area (Å²) in [5, 5.41) is 12.4. The lowest BCUT2D eigenvalue weighted by molar-refractivity contribution is 0.0696. The zero-order chi connectivity index (χ0) is 16.9. The Labute approximate surface area is 139 Å². The molecule has 0 spiro atoms. The second kappa shape index (κ2) is 6.83. The summed E-state index contributed by atoms with van der Waals surface area (Å²) < 4.78 is 0. The van der Waals surface area contributed by atoms with Crippen molar-refractivity contribution in [2.24, 2.45) is 0 Å². The predicted octanol–water partition coefficient (Wildman–Crippen LogP) is 3.64. The van der Waals surface area contributed by atoms with E-state index in [2.05, 4.69) is 10.3 Å². The molecule has 0 atom stereocenters. The van der Waals surface area contributed by atoms with Crippen molar-refractivity contribution in [2.45, 2.75) is 6.54 Å². The summed E-state index contributed by atoms with van der Waals surface area (Å²) in [6, 6.07) is 17.1. The van der Waals surface area contributed by atoms with Crippen LogP contribution in [0.4, 0.5) is 11.4 Å². The molecule has 120 valence electrons. The van der Waals surface area contributed by atoms with Crippen LogP contribution in [0.1, 0.15) is 15.9 Å². The van der Waals surface area contributed by atoms with Crippen LogP contribution in [0, 0.1) is 0 Å². The molecule has 1 heterocycles. The molecule has 5 heteroatoms. The summed E-state index contributed by atoms with van der Waals surface area (Å²) in [6.45, 7) is 0.678. The molecule has 0 bridgehead atoms. The molecule has 0 unspecified atom stereocenters. The van der Waals surface area contributed by atoms with E-state index in [1.165, 1.54) is 6.20 Å². The molecule has 0 radical (unpaired) electrons. The van der Waals surface area contributed by atoms with E-state index in [9.17, 15) is 4.79 Å². The summed E-state index contributed by atoms with van der Waals surface area (Å²) in [5.41, 5.74) is 10.5. The highest BCUT2D eigenvalue weighted by atomic mass is 16.4. The van der Waals surface area contributed by atoms with E-state index in [0.29, 0.717) is 6.54 Å². The summed E-state index contributed by atoms with van der Waals surface area (Å²) in [6.07, 6.45) is 3.00. The van der Waals surface area contributed by atoms with Crippen molar-refractivity contribution < 1.29 is 9.90 Å². The Morgan fingerprint density at radius 1 is 1.04 bits per heavy atom. The highest BCUT2D eigenvalue weighted by Gasteiger charge is 2.06. The van der Waals surface area contributed by atoms with E-state index in [1.54, 1.807) is 12.3 Å². The zero-order valence-corrected chi connectivity index (χ0v) is 12.9.